The second-order valence-electron chi connectivity index (χ2n) is 3.91. The van der Waals surface area contributed by atoms with Crippen molar-refractivity contribution in [3.63, 3.8) is 0 Å². The number of amidine groups is 1. The minimum absolute atomic E-state index is 0.134. The van der Waals surface area contributed by atoms with E-state index in [9.17, 15) is 0 Å². The van der Waals surface area contributed by atoms with Gasteiger partial charge in [0.25, 0.3) is 0 Å². The Morgan fingerprint density at radius 3 is 2.89 bits per heavy atom. The van der Waals surface area contributed by atoms with Crippen molar-refractivity contribution in [2.45, 2.75) is 26.9 Å². The third-order valence-electron chi connectivity index (χ3n) is 2.64. The summed E-state index contributed by atoms with van der Waals surface area (Å²) in [4.78, 5) is 3.94. The molecule has 2 heterocycles. The van der Waals surface area contributed by atoms with Gasteiger partial charge in [0.05, 0.1) is 23.0 Å². The lowest BCUT2D eigenvalue weighted by molar-refractivity contribution is 0.318. The standard InChI is InChI=1S/C10H14ClN7O/c1-3-18-7(8(11)6(2)14-18)4-17-5-13-10(15-17)9(12)16-19/h5,19H,3-4H2,1-2H3,(H2,12,16). The summed E-state index contributed by atoms with van der Waals surface area (Å²) in [5.41, 5.74) is 7.03. The van der Waals surface area contributed by atoms with Crippen LogP contribution in [-0.2, 0) is 13.1 Å². The third kappa shape index (κ3) is 2.53. The number of hydrogen-bond donors (Lipinski definition) is 2. The number of aryl methyl sites for hydroxylation is 2. The predicted molar refractivity (Wildman–Crippen MR) is 69.3 cm³/mol. The minimum atomic E-state index is -0.134. The Kier molecular flexibility index (Phi) is 3.70. The zero-order valence-corrected chi connectivity index (χ0v) is 11.3. The number of nitrogens with two attached hydrogens (primary N) is 1. The van der Waals surface area contributed by atoms with Gasteiger partial charge in [-0.15, -0.1) is 5.10 Å². The molecule has 0 aliphatic heterocycles. The lowest BCUT2D eigenvalue weighted by Gasteiger charge is -2.04. The molecular formula is C10H14ClN7O. The zero-order chi connectivity index (χ0) is 14.0. The summed E-state index contributed by atoms with van der Waals surface area (Å²) in [5.74, 6) is 0.0305. The van der Waals surface area contributed by atoms with Crippen LogP contribution in [0.2, 0.25) is 5.02 Å². The maximum absolute atomic E-state index is 8.56. The Balaban J connectivity index is 2.29. The topological polar surface area (TPSA) is 107 Å². The molecule has 0 radical (unpaired) electrons. The van der Waals surface area contributed by atoms with Crippen molar-refractivity contribution in [1.29, 1.82) is 0 Å². The van der Waals surface area contributed by atoms with Crippen LogP contribution in [0.15, 0.2) is 11.5 Å². The molecule has 0 atom stereocenters. The van der Waals surface area contributed by atoms with Crippen molar-refractivity contribution in [1.82, 2.24) is 24.5 Å². The molecule has 0 unspecified atom stereocenters. The van der Waals surface area contributed by atoms with Gasteiger partial charge >= 0.3 is 0 Å². The van der Waals surface area contributed by atoms with Gasteiger partial charge in [0.2, 0.25) is 11.7 Å². The second-order valence-corrected chi connectivity index (χ2v) is 4.29. The summed E-state index contributed by atoms with van der Waals surface area (Å²) in [6, 6.07) is 0. The summed E-state index contributed by atoms with van der Waals surface area (Å²) < 4.78 is 3.37. The van der Waals surface area contributed by atoms with E-state index in [1.165, 1.54) is 6.33 Å². The van der Waals surface area contributed by atoms with Crippen molar-refractivity contribution in [2.24, 2.45) is 10.9 Å². The molecule has 0 fully saturated rings. The van der Waals surface area contributed by atoms with Crippen LogP contribution in [-0.4, -0.2) is 35.6 Å². The molecule has 0 aromatic carbocycles. The van der Waals surface area contributed by atoms with Crippen LogP contribution in [0, 0.1) is 6.92 Å². The number of rotatable bonds is 4. The first-order valence-electron chi connectivity index (χ1n) is 5.66. The van der Waals surface area contributed by atoms with Crippen molar-refractivity contribution in [3.05, 3.63) is 28.6 Å². The van der Waals surface area contributed by atoms with Crippen molar-refractivity contribution in [2.75, 3.05) is 0 Å². The molecule has 2 aromatic rings. The molecule has 9 heteroatoms. The predicted octanol–water partition coefficient (Wildman–Crippen LogP) is 0.599. The average molecular weight is 284 g/mol. The van der Waals surface area contributed by atoms with E-state index < -0.39 is 0 Å². The minimum Gasteiger partial charge on any atom is -0.409 e. The number of aromatic nitrogens is 5. The first-order valence-corrected chi connectivity index (χ1v) is 6.03. The summed E-state index contributed by atoms with van der Waals surface area (Å²) in [6.07, 6.45) is 1.49. The van der Waals surface area contributed by atoms with Crippen LogP contribution in [0.1, 0.15) is 24.1 Å². The van der Waals surface area contributed by atoms with Crippen molar-refractivity contribution >= 4 is 17.4 Å². The average Bonchev–Trinajstić information content (AvgIpc) is 2.98. The number of oxime groups is 1. The highest BCUT2D eigenvalue weighted by Gasteiger charge is 2.14. The molecule has 2 aromatic heterocycles. The highest BCUT2D eigenvalue weighted by molar-refractivity contribution is 6.31. The molecule has 0 saturated heterocycles. The maximum Gasteiger partial charge on any atom is 0.219 e. The van der Waals surface area contributed by atoms with Crippen LogP contribution >= 0.6 is 11.6 Å². The van der Waals surface area contributed by atoms with Crippen LogP contribution in [0.25, 0.3) is 0 Å². The molecule has 0 aliphatic rings. The quantitative estimate of drug-likeness (QED) is 0.370. The number of nitrogens with zero attached hydrogens (tertiary/aromatic N) is 6. The number of hydrogen-bond acceptors (Lipinski definition) is 5. The van der Waals surface area contributed by atoms with E-state index in [2.05, 4.69) is 20.3 Å². The highest BCUT2D eigenvalue weighted by Crippen LogP contribution is 2.20. The van der Waals surface area contributed by atoms with Crippen molar-refractivity contribution < 1.29 is 5.21 Å². The lowest BCUT2D eigenvalue weighted by Crippen LogP contribution is -2.16. The monoisotopic (exact) mass is 283 g/mol. The van der Waals surface area contributed by atoms with Gasteiger partial charge in [-0.3, -0.25) is 4.68 Å². The Bertz CT molecular complexity index is 615. The van der Waals surface area contributed by atoms with E-state index in [1.54, 1.807) is 4.68 Å². The molecule has 19 heavy (non-hydrogen) atoms. The Labute approximate surface area is 114 Å². The van der Waals surface area contributed by atoms with E-state index >= 15 is 0 Å². The van der Waals surface area contributed by atoms with E-state index in [1.807, 2.05) is 18.5 Å². The summed E-state index contributed by atoms with van der Waals surface area (Å²) in [7, 11) is 0. The van der Waals surface area contributed by atoms with Gasteiger partial charge in [0.15, 0.2) is 0 Å². The molecule has 0 amide bonds. The molecule has 0 saturated carbocycles. The van der Waals surface area contributed by atoms with E-state index in [0.717, 1.165) is 11.4 Å². The molecule has 3 N–H and O–H groups in total. The van der Waals surface area contributed by atoms with Crippen LogP contribution in [0.3, 0.4) is 0 Å². The molecule has 0 aliphatic carbocycles. The Morgan fingerprint density at radius 2 is 2.26 bits per heavy atom. The van der Waals surface area contributed by atoms with Gasteiger partial charge in [-0.1, -0.05) is 16.8 Å². The fraction of sp³-hybridized carbons (Fsp3) is 0.400. The highest BCUT2D eigenvalue weighted by atomic mass is 35.5. The lowest BCUT2D eigenvalue weighted by atomic mass is 10.3. The van der Waals surface area contributed by atoms with Gasteiger partial charge in [0.1, 0.15) is 6.33 Å². The first-order chi connectivity index (χ1) is 9.06. The first kappa shape index (κ1) is 13.3. The zero-order valence-electron chi connectivity index (χ0n) is 10.6. The molecule has 0 bridgehead atoms. The smallest absolute Gasteiger partial charge is 0.219 e. The molecule has 2 rings (SSSR count). The van der Waals surface area contributed by atoms with E-state index in [4.69, 9.17) is 22.5 Å². The van der Waals surface area contributed by atoms with Gasteiger partial charge in [0, 0.05) is 6.54 Å². The Morgan fingerprint density at radius 1 is 1.53 bits per heavy atom. The largest absolute Gasteiger partial charge is 0.409 e. The molecule has 8 nitrogen and oxygen atoms in total. The normalized spacial score (nSPS) is 12.1. The molecular weight excluding hydrogens is 270 g/mol. The second kappa shape index (κ2) is 5.27. The third-order valence-corrected chi connectivity index (χ3v) is 3.13. The van der Waals surface area contributed by atoms with E-state index in [-0.39, 0.29) is 11.7 Å². The van der Waals surface area contributed by atoms with Gasteiger partial charge < -0.3 is 10.9 Å². The van der Waals surface area contributed by atoms with Crippen molar-refractivity contribution in [3.8, 4) is 0 Å². The van der Waals surface area contributed by atoms with Crippen LogP contribution in [0.5, 0.6) is 0 Å². The van der Waals surface area contributed by atoms with Gasteiger partial charge in [-0.25, -0.2) is 9.67 Å². The van der Waals surface area contributed by atoms with E-state index in [0.29, 0.717) is 18.1 Å². The fourth-order valence-corrected chi connectivity index (χ4v) is 1.90. The van der Waals surface area contributed by atoms with Crippen LogP contribution < -0.4 is 5.73 Å². The van der Waals surface area contributed by atoms with Gasteiger partial charge in [-0.05, 0) is 13.8 Å². The molecule has 102 valence electrons. The summed E-state index contributed by atoms with van der Waals surface area (Å²) in [5, 5.41) is 20.4. The Hall–Kier alpha value is -2.09. The summed E-state index contributed by atoms with van der Waals surface area (Å²) in [6.45, 7) is 4.96. The fourth-order valence-electron chi connectivity index (χ4n) is 1.71. The van der Waals surface area contributed by atoms with Crippen LogP contribution in [0.4, 0.5) is 0 Å². The SMILES string of the molecule is CCn1nc(C)c(Cl)c1Cn1cnc(C(N)=NO)n1. The van der Waals surface area contributed by atoms with Gasteiger partial charge in [-0.2, -0.15) is 5.10 Å². The maximum atomic E-state index is 8.56. The molecule has 0 spiro atoms. The number of halogens is 1. The summed E-state index contributed by atoms with van der Waals surface area (Å²) >= 11 is 6.21.